The summed E-state index contributed by atoms with van der Waals surface area (Å²) in [5, 5.41) is 0. The highest BCUT2D eigenvalue weighted by Gasteiger charge is 2.10. The van der Waals surface area contributed by atoms with Gasteiger partial charge in [-0.3, -0.25) is 0 Å². The SMILES string of the molecule is COc1ccccc1-c1ncc(-c2ccc(Cc3nc4ccccc4[nH]3)cc2)[nH]1. The summed E-state index contributed by atoms with van der Waals surface area (Å²) in [6.07, 6.45) is 2.63. The van der Waals surface area contributed by atoms with E-state index in [9.17, 15) is 0 Å². The van der Waals surface area contributed by atoms with Gasteiger partial charge in [0, 0.05) is 6.42 Å². The molecule has 0 unspecified atom stereocenters. The first kappa shape index (κ1) is 17.3. The van der Waals surface area contributed by atoms with E-state index in [4.69, 9.17) is 4.74 Å². The predicted octanol–water partition coefficient (Wildman–Crippen LogP) is 5.22. The van der Waals surface area contributed by atoms with Crippen LogP contribution < -0.4 is 4.74 Å². The third-order valence-electron chi connectivity index (χ3n) is 5.01. The van der Waals surface area contributed by atoms with Gasteiger partial charge in [-0.25, -0.2) is 9.97 Å². The molecule has 142 valence electrons. The van der Waals surface area contributed by atoms with Crippen molar-refractivity contribution in [2.45, 2.75) is 6.42 Å². The fraction of sp³-hybridized carbons (Fsp3) is 0.0833. The molecule has 0 aliphatic heterocycles. The number of aromatic nitrogens is 4. The number of nitrogens with zero attached hydrogens (tertiary/aromatic N) is 2. The van der Waals surface area contributed by atoms with Crippen molar-refractivity contribution in [1.82, 2.24) is 19.9 Å². The highest BCUT2D eigenvalue weighted by Crippen LogP contribution is 2.29. The molecule has 0 radical (unpaired) electrons. The molecule has 5 rings (SSSR count). The molecule has 5 nitrogen and oxygen atoms in total. The highest BCUT2D eigenvalue weighted by molar-refractivity contribution is 5.75. The van der Waals surface area contributed by atoms with Gasteiger partial charge in [0.25, 0.3) is 0 Å². The van der Waals surface area contributed by atoms with E-state index in [0.717, 1.165) is 51.7 Å². The zero-order valence-corrected chi connectivity index (χ0v) is 16.0. The first-order valence-electron chi connectivity index (χ1n) is 9.51. The maximum atomic E-state index is 5.44. The van der Waals surface area contributed by atoms with E-state index in [-0.39, 0.29) is 0 Å². The zero-order chi connectivity index (χ0) is 19.6. The minimum atomic E-state index is 0.768. The molecule has 0 saturated carbocycles. The molecule has 0 aliphatic carbocycles. The van der Waals surface area contributed by atoms with Gasteiger partial charge >= 0.3 is 0 Å². The Morgan fingerprint density at radius 3 is 2.48 bits per heavy atom. The Morgan fingerprint density at radius 2 is 1.66 bits per heavy atom. The second-order valence-corrected chi connectivity index (χ2v) is 6.92. The summed E-state index contributed by atoms with van der Waals surface area (Å²) in [6.45, 7) is 0. The predicted molar refractivity (Wildman–Crippen MR) is 115 cm³/mol. The maximum Gasteiger partial charge on any atom is 0.141 e. The summed E-state index contributed by atoms with van der Waals surface area (Å²) >= 11 is 0. The fourth-order valence-electron chi connectivity index (χ4n) is 3.53. The number of hydrogen-bond donors (Lipinski definition) is 2. The molecule has 3 aromatic carbocycles. The Bertz CT molecular complexity index is 1230. The lowest BCUT2D eigenvalue weighted by atomic mass is 10.1. The molecule has 0 spiro atoms. The first-order valence-corrected chi connectivity index (χ1v) is 9.51. The molecule has 2 heterocycles. The largest absolute Gasteiger partial charge is 0.496 e. The number of aromatic amines is 2. The van der Waals surface area contributed by atoms with E-state index in [1.54, 1.807) is 7.11 Å². The number of para-hydroxylation sites is 3. The number of hydrogen-bond acceptors (Lipinski definition) is 3. The number of rotatable bonds is 5. The second kappa shape index (κ2) is 7.28. The lowest BCUT2D eigenvalue weighted by Crippen LogP contribution is -1.91. The van der Waals surface area contributed by atoms with Crippen molar-refractivity contribution in [3.05, 3.63) is 90.4 Å². The van der Waals surface area contributed by atoms with Crippen LogP contribution in [0.15, 0.2) is 79.0 Å². The topological polar surface area (TPSA) is 66.6 Å². The van der Waals surface area contributed by atoms with Crippen molar-refractivity contribution in [2.75, 3.05) is 7.11 Å². The zero-order valence-electron chi connectivity index (χ0n) is 16.0. The minimum Gasteiger partial charge on any atom is -0.496 e. The molecular formula is C24H20N4O. The molecule has 29 heavy (non-hydrogen) atoms. The van der Waals surface area contributed by atoms with Crippen LogP contribution in [-0.4, -0.2) is 27.0 Å². The van der Waals surface area contributed by atoms with Gasteiger partial charge in [0.1, 0.15) is 17.4 Å². The third-order valence-corrected chi connectivity index (χ3v) is 5.01. The number of H-pyrrole nitrogens is 2. The van der Waals surface area contributed by atoms with Crippen LogP contribution in [0.4, 0.5) is 0 Å². The molecule has 0 fully saturated rings. The van der Waals surface area contributed by atoms with Crippen LogP contribution in [0.1, 0.15) is 11.4 Å². The van der Waals surface area contributed by atoms with E-state index in [2.05, 4.69) is 44.2 Å². The first-order chi connectivity index (χ1) is 14.3. The van der Waals surface area contributed by atoms with Gasteiger partial charge in [0.05, 0.1) is 35.6 Å². The van der Waals surface area contributed by atoms with Gasteiger partial charge in [0.15, 0.2) is 0 Å². The summed E-state index contributed by atoms with van der Waals surface area (Å²) in [4.78, 5) is 16.0. The van der Waals surface area contributed by atoms with Crippen LogP contribution in [0.25, 0.3) is 33.7 Å². The number of imidazole rings is 2. The molecule has 0 atom stereocenters. The second-order valence-electron chi connectivity index (χ2n) is 6.92. The molecule has 5 aromatic rings. The summed E-state index contributed by atoms with van der Waals surface area (Å²) < 4.78 is 5.44. The van der Waals surface area contributed by atoms with Crippen molar-refractivity contribution in [3.63, 3.8) is 0 Å². The van der Waals surface area contributed by atoms with Crippen molar-refractivity contribution < 1.29 is 4.74 Å². The van der Waals surface area contributed by atoms with Gasteiger partial charge in [-0.2, -0.15) is 0 Å². The molecule has 0 amide bonds. The summed E-state index contributed by atoms with van der Waals surface area (Å²) in [7, 11) is 1.67. The summed E-state index contributed by atoms with van der Waals surface area (Å²) in [5.74, 6) is 2.57. The normalized spacial score (nSPS) is 11.1. The lowest BCUT2D eigenvalue weighted by molar-refractivity contribution is 0.416. The van der Waals surface area contributed by atoms with E-state index >= 15 is 0 Å². The molecular weight excluding hydrogens is 360 g/mol. The van der Waals surface area contributed by atoms with Gasteiger partial charge < -0.3 is 14.7 Å². The number of fused-ring (bicyclic) bond motifs is 1. The number of ether oxygens (including phenoxy) is 1. The standard InChI is InChI=1S/C24H20N4O/c1-29-22-9-5-2-6-18(22)24-25-15-21(28-24)17-12-10-16(11-13-17)14-23-26-19-7-3-4-8-20(19)27-23/h2-13,15H,14H2,1H3,(H,25,28)(H,26,27). The Morgan fingerprint density at radius 1 is 0.862 bits per heavy atom. The maximum absolute atomic E-state index is 5.44. The number of nitrogens with one attached hydrogen (secondary N) is 2. The van der Waals surface area contributed by atoms with Gasteiger partial charge in [-0.05, 0) is 35.4 Å². The Labute approximate surface area is 168 Å². The quantitative estimate of drug-likeness (QED) is 0.439. The van der Waals surface area contributed by atoms with Crippen LogP contribution in [0.2, 0.25) is 0 Å². The van der Waals surface area contributed by atoms with Crippen molar-refractivity contribution >= 4 is 11.0 Å². The molecule has 2 aromatic heterocycles. The number of benzene rings is 3. The molecule has 0 bridgehead atoms. The van der Waals surface area contributed by atoms with Crippen LogP contribution in [-0.2, 0) is 6.42 Å². The lowest BCUT2D eigenvalue weighted by Gasteiger charge is -2.05. The van der Waals surface area contributed by atoms with Crippen molar-refractivity contribution in [3.8, 4) is 28.4 Å². The van der Waals surface area contributed by atoms with Crippen LogP contribution in [0.5, 0.6) is 5.75 Å². The van der Waals surface area contributed by atoms with Gasteiger partial charge in [0.2, 0.25) is 0 Å². The fourth-order valence-corrected chi connectivity index (χ4v) is 3.53. The molecule has 2 N–H and O–H groups in total. The van der Waals surface area contributed by atoms with Crippen LogP contribution in [0.3, 0.4) is 0 Å². The van der Waals surface area contributed by atoms with E-state index < -0.39 is 0 Å². The molecule has 0 aliphatic rings. The third kappa shape index (κ3) is 3.38. The molecule has 5 heteroatoms. The smallest absolute Gasteiger partial charge is 0.141 e. The monoisotopic (exact) mass is 380 g/mol. The average Bonchev–Trinajstić information content (AvgIpc) is 3.41. The molecule has 0 saturated heterocycles. The summed E-state index contributed by atoms with van der Waals surface area (Å²) in [5.41, 5.74) is 6.29. The van der Waals surface area contributed by atoms with Crippen molar-refractivity contribution in [2.24, 2.45) is 0 Å². The average molecular weight is 380 g/mol. The van der Waals surface area contributed by atoms with E-state index in [1.165, 1.54) is 5.56 Å². The highest BCUT2D eigenvalue weighted by atomic mass is 16.5. The Hall–Kier alpha value is -3.86. The Balaban J connectivity index is 1.37. The van der Waals surface area contributed by atoms with Crippen LogP contribution >= 0.6 is 0 Å². The van der Waals surface area contributed by atoms with Crippen molar-refractivity contribution in [1.29, 1.82) is 0 Å². The summed E-state index contributed by atoms with van der Waals surface area (Å²) in [6, 6.07) is 24.4. The van der Waals surface area contributed by atoms with Gasteiger partial charge in [-0.15, -0.1) is 0 Å². The number of methoxy groups -OCH3 is 1. The van der Waals surface area contributed by atoms with Gasteiger partial charge in [-0.1, -0.05) is 48.5 Å². The van der Waals surface area contributed by atoms with E-state index in [1.807, 2.05) is 54.7 Å². The minimum absolute atomic E-state index is 0.768. The van der Waals surface area contributed by atoms with E-state index in [0.29, 0.717) is 0 Å². The Kier molecular flexibility index (Phi) is 4.33. The van der Waals surface area contributed by atoms with Crippen LogP contribution in [0, 0.1) is 0 Å².